The molecule has 0 heterocycles. The second-order valence-corrected chi connectivity index (χ2v) is 4.72. The molecule has 104 valence electrons. The van der Waals surface area contributed by atoms with Crippen molar-refractivity contribution in [1.82, 2.24) is 0 Å². The average Bonchev–Trinajstić information content (AvgIpc) is 2.47. The number of hydrogen-bond acceptors (Lipinski definition) is 2. The molecule has 20 heavy (non-hydrogen) atoms. The van der Waals surface area contributed by atoms with Gasteiger partial charge in [0, 0.05) is 17.6 Å². The lowest BCUT2D eigenvalue weighted by molar-refractivity contribution is 0.161. The van der Waals surface area contributed by atoms with Crippen molar-refractivity contribution in [3.8, 4) is 11.1 Å². The minimum atomic E-state index is -0.373. The first-order valence-electron chi connectivity index (χ1n) is 6.39. The van der Waals surface area contributed by atoms with Crippen molar-refractivity contribution in [3.05, 3.63) is 53.6 Å². The van der Waals surface area contributed by atoms with E-state index in [0.717, 1.165) is 16.8 Å². The quantitative estimate of drug-likeness (QED) is 0.826. The van der Waals surface area contributed by atoms with E-state index in [1.54, 1.807) is 14.0 Å². The van der Waals surface area contributed by atoms with Gasteiger partial charge in [0.1, 0.15) is 0 Å². The van der Waals surface area contributed by atoms with Crippen LogP contribution in [0.3, 0.4) is 0 Å². The number of carbonyl (C=O) groups is 1. The highest BCUT2D eigenvalue weighted by Crippen LogP contribution is 2.31. The summed E-state index contributed by atoms with van der Waals surface area (Å²) in [7, 11) is 1.70. The first-order valence-corrected chi connectivity index (χ1v) is 6.76. The van der Waals surface area contributed by atoms with Crippen LogP contribution in [0.15, 0.2) is 48.5 Å². The van der Waals surface area contributed by atoms with Gasteiger partial charge in [-0.15, -0.1) is 0 Å². The van der Waals surface area contributed by atoms with Gasteiger partial charge in [0.15, 0.2) is 0 Å². The normalized spacial score (nSPS) is 10.2. The van der Waals surface area contributed by atoms with E-state index in [-0.39, 0.29) is 6.09 Å². The summed E-state index contributed by atoms with van der Waals surface area (Å²) in [6.45, 7) is 2.14. The third kappa shape index (κ3) is 3.11. The number of amides is 1. The van der Waals surface area contributed by atoms with Crippen molar-refractivity contribution in [3.63, 3.8) is 0 Å². The molecule has 0 bridgehead atoms. The Hall–Kier alpha value is -2.00. The number of para-hydroxylation sites is 1. The minimum Gasteiger partial charge on any atom is -0.449 e. The topological polar surface area (TPSA) is 29.5 Å². The fourth-order valence-electron chi connectivity index (χ4n) is 1.98. The van der Waals surface area contributed by atoms with Crippen LogP contribution in [0.1, 0.15) is 6.92 Å². The zero-order chi connectivity index (χ0) is 14.5. The molecule has 0 spiro atoms. The molecule has 0 radical (unpaired) electrons. The second-order valence-electron chi connectivity index (χ2n) is 4.29. The monoisotopic (exact) mass is 289 g/mol. The lowest BCUT2D eigenvalue weighted by atomic mass is 10.0. The van der Waals surface area contributed by atoms with Crippen LogP contribution in [0.25, 0.3) is 11.1 Å². The first kappa shape index (κ1) is 14.4. The van der Waals surface area contributed by atoms with E-state index in [2.05, 4.69) is 0 Å². The number of hydrogen-bond donors (Lipinski definition) is 0. The number of nitrogens with zero attached hydrogens (tertiary/aromatic N) is 1. The zero-order valence-electron chi connectivity index (χ0n) is 11.5. The molecule has 4 heteroatoms. The van der Waals surface area contributed by atoms with Crippen molar-refractivity contribution < 1.29 is 9.53 Å². The summed E-state index contributed by atoms with van der Waals surface area (Å²) in [6, 6.07) is 15.2. The summed E-state index contributed by atoms with van der Waals surface area (Å²) in [5, 5.41) is 0.663. The maximum atomic E-state index is 11.9. The van der Waals surface area contributed by atoms with Gasteiger partial charge >= 0.3 is 6.09 Å². The van der Waals surface area contributed by atoms with Gasteiger partial charge in [0.05, 0.1) is 12.3 Å². The van der Waals surface area contributed by atoms with Gasteiger partial charge < -0.3 is 4.74 Å². The van der Waals surface area contributed by atoms with E-state index in [1.165, 1.54) is 4.90 Å². The minimum absolute atomic E-state index is 0.350. The molecule has 1 amide bonds. The van der Waals surface area contributed by atoms with Crippen LogP contribution in [-0.2, 0) is 4.74 Å². The van der Waals surface area contributed by atoms with Gasteiger partial charge in [-0.3, -0.25) is 4.90 Å². The van der Waals surface area contributed by atoms with Crippen molar-refractivity contribution in [2.75, 3.05) is 18.6 Å². The molecule has 0 saturated heterocycles. The lowest BCUT2D eigenvalue weighted by Gasteiger charge is -2.20. The zero-order valence-corrected chi connectivity index (χ0v) is 12.2. The number of ether oxygens (including phenoxy) is 1. The standard InChI is InChI=1S/C16H16ClNO2/c1-3-20-16(19)18(2)15-10-5-4-9-14(15)12-7-6-8-13(17)11-12/h4-11H,3H2,1-2H3. The Morgan fingerprint density at radius 3 is 2.65 bits per heavy atom. The van der Waals surface area contributed by atoms with Crippen LogP contribution in [0.2, 0.25) is 5.02 Å². The van der Waals surface area contributed by atoms with Crippen LogP contribution in [0, 0.1) is 0 Å². The maximum Gasteiger partial charge on any atom is 0.414 e. The molecule has 0 saturated carbocycles. The summed E-state index contributed by atoms with van der Waals surface area (Å²) in [5.74, 6) is 0. The molecule has 0 atom stereocenters. The average molecular weight is 290 g/mol. The van der Waals surface area contributed by atoms with Gasteiger partial charge in [-0.05, 0) is 30.7 Å². The molecule has 0 aromatic heterocycles. The number of anilines is 1. The molecule has 2 aromatic rings. The van der Waals surface area contributed by atoms with Crippen LogP contribution < -0.4 is 4.90 Å². The maximum absolute atomic E-state index is 11.9. The summed E-state index contributed by atoms with van der Waals surface area (Å²) in [6.07, 6.45) is -0.373. The highest BCUT2D eigenvalue weighted by molar-refractivity contribution is 6.30. The molecule has 2 aromatic carbocycles. The Balaban J connectivity index is 2.43. The summed E-state index contributed by atoms with van der Waals surface area (Å²) >= 11 is 6.03. The molecule has 0 fully saturated rings. The highest BCUT2D eigenvalue weighted by Gasteiger charge is 2.15. The second kappa shape index (κ2) is 6.44. The van der Waals surface area contributed by atoms with Crippen LogP contribution in [0.5, 0.6) is 0 Å². The molecule has 0 aliphatic heterocycles. The number of halogens is 1. The fraction of sp³-hybridized carbons (Fsp3) is 0.188. The Bertz CT molecular complexity index is 613. The van der Waals surface area contributed by atoms with Gasteiger partial charge in [0.2, 0.25) is 0 Å². The smallest absolute Gasteiger partial charge is 0.414 e. The Kier molecular flexibility index (Phi) is 4.64. The van der Waals surface area contributed by atoms with Crippen molar-refractivity contribution in [1.29, 1.82) is 0 Å². The van der Waals surface area contributed by atoms with Crippen LogP contribution in [-0.4, -0.2) is 19.7 Å². The Morgan fingerprint density at radius 1 is 1.20 bits per heavy atom. The predicted molar refractivity (Wildman–Crippen MR) is 82.3 cm³/mol. The molecule has 2 rings (SSSR count). The van der Waals surface area contributed by atoms with Gasteiger partial charge in [-0.2, -0.15) is 0 Å². The predicted octanol–water partition coefficient (Wildman–Crippen LogP) is 4.60. The molecule has 0 aliphatic rings. The fourth-order valence-corrected chi connectivity index (χ4v) is 2.18. The summed E-state index contributed by atoms with van der Waals surface area (Å²) in [4.78, 5) is 13.4. The number of benzene rings is 2. The molecule has 3 nitrogen and oxygen atoms in total. The molecular weight excluding hydrogens is 274 g/mol. The molecular formula is C16H16ClNO2. The number of carbonyl (C=O) groups excluding carboxylic acids is 1. The summed E-state index contributed by atoms with van der Waals surface area (Å²) < 4.78 is 5.03. The van der Waals surface area contributed by atoms with E-state index < -0.39 is 0 Å². The van der Waals surface area contributed by atoms with E-state index in [4.69, 9.17) is 16.3 Å². The SMILES string of the molecule is CCOC(=O)N(C)c1ccccc1-c1cccc(Cl)c1. The van der Waals surface area contributed by atoms with Crippen molar-refractivity contribution in [2.24, 2.45) is 0 Å². The van der Waals surface area contributed by atoms with E-state index >= 15 is 0 Å². The van der Waals surface area contributed by atoms with Gasteiger partial charge in [-0.25, -0.2) is 4.79 Å². The van der Waals surface area contributed by atoms with Gasteiger partial charge in [0.25, 0.3) is 0 Å². The van der Waals surface area contributed by atoms with Gasteiger partial charge in [-0.1, -0.05) is 41.9 Å². The third-order valence-electron chi connectivity index (χ3n) is 2.94. The molecule has 0 N–H and O–H groups in total. The third-order valence-corrected chi connectivity index (χ3v) is 3.18. The van der Waals surface area contributed by atoms with Crippen LogP contribution in [0.4, 0.5) is 10.5 Å². The number of rotatable bonds is 3. The summed E-state index contributed by atoms with van der Waals surface area (Å²) in [5.41, 5.74) is 2.68. The molecule has 0 unspecified atom stereocenters. The largest absolute Gasteiger partial charge is 0.449 e. The van der Waals surface area contributed by atoms with Crippen LogP contribution >= 0.6 is 11.6 Å². The van der Waals surface area contributed by atoms with Crippen molar-refractivity contribution >= 4 is 23.4 Å². The van der Waals surface area contributed by atoms with E-state index in [1.807, 2.05) is 48.5 Å². The Labute approximate surface area is 123 Å². The lowest BCUT2D eigenvalue weighted by Crippen LogP contribution is -2.27. The Morgan fingerprint density at radius 2 is 1.95 bits per heavy atom. The highest BCUT2D eigenvalue weighted by atomic mass is 35.5. The van der Waals surface area contributed by atoms with E-state index in [0.29, 0.717) is 11.6 Å². The van der Waals surface area contributed by atoms with Crippen molar-refractivity contribution in [2.45, 2.75) is 6.92 Å². The van der Waals surface area contributed by atoms with E-state index in [9.17, 15) is 4.79 Å². The first-order chi connectivity index (χ1) is 9.63. The molecule has 0 aliphatic carbocycles.